The quantitative estimate of drug-likeness (QED) is 0.466. The molecule has 1 saturated heterocycles. The molecule has 58 valence electrons. The third-order valence-corrected chi connectivity index (χ3v) is 1.67. The van der Waals surface area contributed by atoms with Gasteiger partial charge in [-0.2, -0.15) is 0 Å². The second-order valence-electron chi connectivity index (χ2n) is 2.45. The Labute approximate surface area is 62.3 Å². The Morgan fingerprint density at radius 2 is 2.60 bits per heavy atom. The van der Waals surface area contributed by atoms with Gasteiger partial charge in [-0.05, 0) is 19.9 Å². The Morgan fingerprint density at radius 3 is 3.20 bits per heavy atom. The molecule has 1 fully saturated rings. The third-order valence-electron chi connectivity index (χ3n) is 1.67. The molecule has 1 heterocycles. The van der Waals surface area contributed by atoms with Gasteiger partial charge < -0.3 is 10.1 Å². The maximum Gasteiger partial charge on any atom is 0.0650 e. The lowest BCUT2D eigenvalue weighted by atomic mass is 10.2. The van der Waals surface area contributed by atoms with Gasteiger partial charge in [-0.1, -0.05) is 11.6 Å². The van der Waals surface area contributed by atoms with E-state index >= 15 is 0 Å². The third kappa shape index (κ3) is 2.50. The van der Waals surface area contributed by atoms with Gasteiger partial charge in [-0.3, -0.25) is 0 Å². The summed E-state index contributed by atoms with van der Waals surface area (Å²) >= 11 is 0. The van der Waals surface area contributed by atoms with E-state index in [2.05, 4.69) is 11.4 Å². The molecular formula is C8H15NO. The lowest BCUT2D eigenvalue weighted by Gasteiger charge is -1.95. The maximum atomic E-state index is 5.19. The highest BCUT2D eigenvalue weighted by atomic mass is 16.5. The Bertz CT molecular complexity index is 112. The zero-order valence-electron chi connectivity index (χ0n) is 6.52. The van der Waals surface area contributed by atoms with Crippen molar-refractivity contribution >= 4 is 0 Å². The van der Waals surface area contributed by atoms with Gasteiger partial charge in [0.25, 0.3) is 0 Å². The normalized spacial score (nSPS) is 22.3. The van der Waals surface area contributed by atoms with E-state index in [1.165, 1.54) is 12.0 Å². The van der Waals surface area contributed by atoms with Crippen LogP contribution >= 0.6 is 0 Å². The second kappa shape index (κ2) is 4.47. The smallest absolute Gasteiger partial charge is 0.0650 e. The predicted molar refractivity (Wildman–Crippen MR) is 42.1 cm³/mol. The minimum absolute atomic E-state index is 0.785. The fourth-order valence-electron chi connectivity index (χ4n) is 1.06. The van der Waals surface area contributed by atoms with E-state index in [0.717, 1.165) is 26.3 Å². The topological polar surface area (TPSA) is 21.3 Å². The standard InChI is InChI=1S/C8H15NO/c1-2-10-6-4-8-3-5-9-7-8/h4,9H,2-3,5-7H2,1H3/b8-4+. The molecule has 10 heavy (non-hydrogen) atoms. The lowest BCUT2D eigenvalue weighted by molar-refractivity contribution is 0.177. The summed E-state index contributed by atoms with van der Waals surface area (Å²) in [6, 6.07) is 0. The van der Waals surface area contributed by atoms with E-state index < -0.39 is 0 Å². The summed E-state index contributed by atoms with van der Waals surface area (Å²) in [5.41, 5.74) is 1.49. The molecule has 0 spiro atoms. The van der Waals surface area contributed by atoms with E-state index in [1.807, 2.05) is 6.92 Å². The highest BCUT2D eigenvalue weighted by molar-refractivity contribution is 5.08. The molecule has 0 aromatic carbocycles. The van der Waals surface area contributed by atoms with Crippen molar-refractivity contribution in [3.63, 3.8) is 0 Å². The van der Waals surface area contributed by atoms with Gasteiger partial charge in [0.05, 0.1) is 6.61 Å². The second-order valence-corrected chi connectivity index (χ2v) is 2.45. The molecule has 0 atom stereocenters. The van der Waals surface area contributed by atoms with Gasteiger partial charge in [-0.25, -0.2) is 0 Å². The molecule has 1 aliphatic rings. The molecule has 0 aromatic rings. The lowest BCUT2D eigenvalue weighted by Crippen LogP contribution is -2.04. The Hall–Kier alpha value is -0.340. The monoisotopic (exact) mass is 141 g/mol. The molecule has 0 aliphatic carbocycles. The summed E-state index contributed by atoms with van der Waals surface area (Å²) in [5, 5.41) is 3.28. The van der Waals surface area contributed by atoms with Crippen molar-refractivity contribution in [3.05, 3.63) is 11.6 Å². The van der Waals surface area contributed by atoms with E-state index in [9.17, 15) is 0 Å². The van der Waals surface area contributed by atoms with Crippen molar-refractivity contribution in [2.45, 2.75) is 13.3 Å². The van der Waals surface area contributed by atoms with Crippen molar-refractivity contribution in [2.24, 2.45) is 0 Å². The maximum absolute atomic E-state index is 5.19. The van der Waals surface area contributed by atoms with E-state index in [-0.39, 0.29) is 0 Å². The number of hydrogen-bond acceptors (Lipinski definition) is 2. The van der Waals surface area contributed by atoms with Crippen LogP contribution in [0.2, 0.25) is 0 Å². The van der Waals surface area contributed by atoms with Crippen LogP contribution < -0.4 is 5.32 Å². The van der Waals surface area contributed by atoms with Crippen molar-refractivity contribution in [3.8, 4) is 0 Å². The average molecular weight is 141 g/mol. The van der Waals surface area contributed by atoms with E-state index in [1.54, 1.807) is 0 Å². The minimum atomic E-state index is 0.785. The zero-order valence-corrected chi connectivity index (χ0v) is 6.52. The molecule has 1 rings (SSSR count). The first-order valence-corrected chi connectivity index (χ1v) is 3.90. The number of rotatable bonds is 3. The average Bonchev–Trinajstić information content (AvgIpc) is 2.41. The first-order chi connectivity index (χ1) is 4.93. The molecule has 0 saturated carbocycles. The van der Waals surface area contributed by atoms with Gasteiger partial charge in [-0.15, -0.1) is 0 Å². The summed E-state index contributed by atoms with van der Waals surface area (Å²) in [6.45, 7) is 5.82. The molecule has 2 heteroatoms. The molecule has 1 aliphatic heterocycles. The van der Waals surface area contributed by atoms with Crippen LogP contribution in [0.5, 0.6) is 0 Å². The highest BCUT2D eigenvalue weighted by Gasteiger charge is 2.03. The molecule has 0 aromatic heterocycles. The molecule has 0 amide bonds. The minimum Gasteiger partial charge on any atom is -0.378 e. The van der Waals surface area contributed by atoms with Gasteiger partial charge >= 0.3 is 0 Å². The van der Waals surface area contributed by atoms with Gasteiger partial charge in [0, 0.05) is 13.2 Å². The Kier molecular flexibility index (Phi) is 3.47. The fraction of sp³-hybridized carbons (Fsp3) is 0.750. The van der Waals surface area contributed by atoms with Gasteiger partial charge in [0.2, 0.25) is 0 Å². The first-order valence-electron chi connectivity index (χ1n) is 3.90. The highest BCUT2D eigenvalue weighted by Crippen LogP contribution is 2.04. The van der Waals surface area contributed by atoms with Crippen LogP contribution in [0.4, 0.5) is 0 Å². The van der Waals surface area contributed by atoms with Crippen molar-refractivity contribution in [1.82, 2.24) is 5.32 Å². The SMILES string of the molecule is CCOC/C=C1\CCNC1. The summed E-state index contributed by atoms with van der Waals surface area (Å²) in [5.74, 6) is 0. The van der Waals surface area contributed by atoms with Crippen molar-refractivity contribution in [1.29, 1.82) is 0 Å². The number of hydrogen-bond donors (Lipinski definition) is 1. The summed E-state index contributed by atoms with van der Waals surface area (Å²) in [4.78, 5) is 0. The summed E-state index contributed by atoms with van der Waals surface area (Å²) < 4.78 is 5.19. The van der Waals surface area contributed by atoms with Crippen LogP contribution in [0.1, 0.15) is 13.3 Å². The van der Waals surface area contributed by atoms with Crippen molar-refractivity contribution < 1.29 is 4.74 Å². The first kappa shape index (κ1) is 7.76. The molecule has 0 bridgehead atoms. The molecule has 0 radical (unpaired) electrons. The van der Waals surface area contributed by atoms with Crippen LogP contribution in [0.3, 0.4) is 0 Å². The fourth-order valence-corrected chi connectivity index (χ4v) is 1.06. The van der Waals surface area contributed by atoms with Crippen LogP contribution in [0, 0.1) is 0 Å². The largest absolute Gasteiger partial charge is 0.378 e. The Morgan fingerprint density at radius 1 is 1.70 bits per heavy atom. The zero-order chi connectivity index (χ0) is 7.23. The predicted octanol–water partition coefficient (Wildman–Crippen LogP) is 0.943. The molecular weight excluding hydrogens is 126 g/mol. The summed E-state index contributed by atoms with van der Waals surface area (Å²) in [7, 11) is 0. The van der Waals surface area contributed by atoms with Crippen LogP contribution in [-0.2, 0) is 4.74 Å². The summed E-state index contributed by atoms with van der Waals surface area (Å²) in [6.07, 6.45) is 3.39. The Balaban J connectivity index is 2.12. The molecule has 0 unspecified atom stereocenters. The van der Waals surface area contributed by atoms with E-state index in [4.69, 9.17) is 4.74 Å². The number of ether oxygens (including phenoxy) is 1. The van der Waals surface area contributed by atoms with Crippen LogP contribution in [0.15, 0.2) is 11.6 Å². The molecule has 2 nitrogen and oxygen atoms in total. The van der Waals surface area contributed by atoms with Crippen molar-refractivity contribution in [2.75, 3.05) is 26.3 Å². The van der Waals surface area contributed by atoms with E-state index in [0.29, 0.717) is 0 Å². The van der Waals surface area contributed by atoms with Gasteiger partial charge in [0.15, 0.2) is 0 Å². The number of nitrogens with one attached hydrogen (secondary N) is 1. The molecule has 1 N–H and O–H groups in total. The van der Waals surface area contributed by atoms with Gasteiger partial charge in [0.1, 0.15) is 0 Å². The van der Waals surface area contributed by atoms with Crippen LogP contribution in [0.25, 0.3) is 0 Å². The van der Waals surface area contributed by atoms with Crippen LogP contribution in [-0.4, -0.2) is 26.3 Å².